The molecule has 2 nitrogen and oxygen atoms in total. The quantitative estimate of drug-likeness (QED) is 0.792. The van der Waals surface area contributed by atoms with Gasteiger partial charge in [0.2, 0.25) is 5.78 Å². The Morgan fingerprint density at radius 3 is 2.10 bits per heavy atom. The fourth-order valence-corrected chi connectivity index (χ4v) is 2.00. The molecule has 20 heavy (non-hydrogen) atoms. The Kier molecular flexibility index (Phi) is 3.84. The largest absolute Gasteiger partial charge is 0.377 e. The van der Waals surface area contributed by atoms with Crippen LogP contribution in [0.25, 0.3) is 0 Å². The lowest BCUT2D eigenvalue weighted by Crippen LogP contribution is -2.27. The molecule has 0 spiro atoms. The predicted octanol–water partition coefficient (Wildman–Crippen LogP) is 3.73. The van der Waals surface area contributed by atoms with Gasteiger partial charge in [0.05, 0.1) is 0 Å². The smallest absolute Gasteiger partial charge is 0.335 e. The summed E-state index contributed by atoms with van der Waals surface area (Å²) in [6.45, 7) is 0. The van der Waals surface area contributed by atoms with Gasteiger partial charge < -0.3 is 4.90 Å². The van der Waals surface area contributed by atoms with E-state index in [9.17, 15) is 13.6 Å². The number of rotatable bonds is 4. The van der Waals surface area contributed by atoms with E-state index in [0.29, 0.717) is 5.69 Å². The van der Waals surface area contributed by atoms with Crippen LogP contribution in [0.15, 0.2) is 54.6 Å². The lowest BCUT2D eigenvalue weighted by Gasteiger charge is -2.20. The van der Waals surface area contributed by atoms with E-state index in [1.165, 1.54) is 30.3 Å². The van der Waals surface area contributed by atoms with Gasteiger partial charge in [-0.25, -0.2) is 0 Å². The van der Waals surface area contributed by atoms with Crippen LogP contribution < -0.4 is 4.90 Å². The summed E-state index contributed by atoms with van der Waals surface area (Å²) in [4.78, 5) is 13.9. The molecule has 0 saturated heterocycles. The van der Waals surface area contributed by atoms with E-state index in [-0.39, 0.29) is 11.1 Å². The Morgan fingerprint density at radius 2 is 1.50 bits per heavy atom. The van der Waals surface area contributed by atoms with Gasteiger partial charge in [-0.05, 0) is 12.1 Å². The lowest BCUT2D eigenvalue weighted by molar-refractivity contribution is 0.00749. The van der Waals surface area contributed by atoms with Crippen molar-refractivity contribution >= 4 is 11.5 Å². The van der Waals surface area contributed by atoms with Crippen molar-refractivity contribution in [3.05, 3.63) is 65.7 Å². The minimum Gasteiger partial charge on any atom is -0.377 e. The molecule has 0 N–H and O–H groups in total. The van der Waals surface area contributed by atoms with Gasteiger partial charge in [0.1, 0.15) is 0 Å². The zero-order valence-corrected chi connectivity index (χ0v) is 11.3. The van der Waals surface area contributed by atoms with Crippen molar-refractivity contribution in [2.45, 2.75) is 5.92 Å². The van der Waals surface area contributed by atoms with Gasteiger partial charge in [-0.1, -0.05) is 42.5 Å². The van der Waals surface area contributed by atoms with E-state index in [4.69, 9.17) is 0 Å². The molecule has 0 aliphatic rings. The molecule has 4 heteroatoms. The topological polar surface area (TPSA) is 20.3 Å². The summed E-state index contributed by atoms with van der Waals surface area (Å²) in [5.74, 6) is -4.72. The summed E-state index contributed by atoms with van der Waals surface area (Å²) >= 11 is 0. The van der Waals surface area contributed by atoms with E-state index in [0.717, 1.165) is 0 Å². The molecule has 0 radical (unpaired) electrons. The standard InChI is InChI=1S/C16H15F2NO/c1-19(2)14-11-7-6-10-13(14)15(20)16(17,18)12-8-4-3-5-9-12/h3-11H,1-2H3. The van der Waals surface area contributed by atoms with Crippen LogP contribution in [-0.4, -0.2) is 19.9 Å². The highest BCUT2D eigenvalue weighted by atomic mass is 19.3. The Bertz CT molecular complexity index is 609. The van der Waals surface area contributed by atoms with Crippen molar-refractivity contribution in [2.24, 2.45) is 0 Å². The number of halogens is 2. The van der Waals surface area contributed by atoms with E-state index in [1.54, 1.807) is 43.3 Å². The second-order valence-electron chi connectivity index (χ2n) is 4.68. The number of anilines is 1. The van der Waals surface area contributed by atoms with Gasteiger partial charge in [-0.2, -0.15) is 8.78 Å². The highest BCUT2D eigenvalue weighted by molar-refractivity contribution is 6.06. The Morgan fingerprint density at radius 1 is 0.950 bits per heavy atom. The van der Waals surface area contributed by atoms with Gasteiger partial charge in [-0.15, -0.1) is 0 Å². The second kappa shape index (κ2) is 5.41. The van der Waals surface area contributed by atoms with Gasteiger partial charge in [0.25, 0.3) is 0 Å². The summed E-state index contributed by atoms with van der Waals surface area (Å²) in [5, 5.41) is 0. The molecule has 0 heterocycles. The molecule has 2 aromatic rings. The molecule has 2 aromatic carbocycles. The SMILES string of the molecule is CN(C)c1ccccc1C(=O)C(F)(F)c1ccccc1. The maximum atomic E-state index is 14.3. The van der Waals surface area contributed by atoms with Crippen LogP contribution in [-0.2, 0) is 5.92 Å². The minimum atomic E-state index is -3.53. The van der Waals surface area contributed by atoms with E-state index in [2.05, 4.69) is 0 Å². The molecule has 0 aliphatic heterocycles. The van der Waals surface area contributed by atoms with Crippen LogP contribution in [0.4, 0.5) is 14.5 Å². The number of alkyl halides is 2. The van der Waals surface area contributed by atoms with Crippen molar-refractivity contribution in [1.82, 2.24) is 0 Å². The third-order valence-corrected chi connectivity index (χ3v) is 3.05. The minimum absolute atomic E-state index is 0.0198. The zero-order valence-electron chi connectivity index (χ0n) is 11.3. The molecule has 0 saturated carbocycles. The number of carbonyl (C=O) groups is 1. The molecular weight excluding hydrogens is 260 g/mol. The van der Waals surface area contributed by atoms with E-state index >= 15 is 0 Å². The van der Waals surface area contributed by atoms with Crippen LogP contribution >= 0.6 is 0 Å². The molecule has 104 valence electrons. The summed E-state index contributed by atoms with van der Waals surface area (Å²) in [5.41, 5.74) is 0.206. The number of hydrogen-bond donors (Lipinski definition) is 0. The number of benzene rings is 2. The molecular formula is C16H15F2NO. The van der Waals surface area contributed by atoms with Crippen molar-refractivity contribution in [2.75, 3.05) is 19.0 Å². The third-order valence-electron chi connectivity index (χ3n) is 3.05. The van der Waals surface area contributed by atoms with Crippen molar-refractivity contribution in [3.8, 4) is 0 Å². The van der Waals surface area contributed by atoms with Gasteiger partial charge in [0, 0.05) is 30.9 Å². The highest BCUT2D eigenvalue weighted by Gasteiger charge is 2.42. The fraction of sp³-hybridized carbons (Fsp3) is 0.188. The fourth-order valence-electron chi connectivity index (χ4n) is 2.00. The van der Waals surface area contributed by atoms with Gasteiger partial charge >= 0.3 is 5.92 Å². The summed E-state index contributed by atoms with van der Waals surface area (Å²) in [6.07, 6.45) is 0. The van der Waals surface area contributed by atoms with E-state index in [1.807, 2.05) is 0 Å². The monoisotopic (exact) mass is 275 g/mol. The number of hydrogen-bond acceptors (Lipinski definition) is 2. The number of para-hydroxylation sites is 1. The summed E-state index contributed by atoms with van der Waals surface area (Å²) < 4.78 is 28.6. The molecule has 0 bridgehead atoms. The molecule has 0 aromatic heterocycles. The first-order valence-corrected chi connectivity index (χ1v) is 6.19. The summed E-state index contributed by atoms with van der Waals surface area (Å²) in [7, 11) is 3.43. The number of carbonyl (C=O) groups excluding carboxylic acids is 1. The number of nitrogens with zero attached hydrogens (tertiary/aromatic N) is 1. The van der Waals surface area contributed by atoms with Crippen molar-refractivity contribution < 1.29 is 13.6 Å². The predicted molar refractivity (Wildman–Crippen MR) is 75.4 cm³/mol. The maximum absolute atomic E-state index is 14.3. The van der Waals surface area contributed by atoms with Crippen LogP contribution in [0, 0.1) is 0 Å². The number of ketones is 1. The normalized spacial score (nSPS) is 11.2. The van der Waals surface area contributed by atoms with Crippen molar-refractivity contribution in [1.29, 1.82) is 0 Å². The van der Waals surface area contributed by atoms with Crippen LogP contribution in [0.5, 0.6) is 0 Å². The molecule has 0 fully saturated rings. The average molecular weight is 275 g/mol. The van der Waals surface area contributed by atoms with Gasteiger partial charge in [-0.3, -0.25) is 4.79 Å². The Balaban J connectivity index is 2.46. The molecule has 0 atom stereocenters. The van der Waals surface area contributed by atoms with E-state index < -0.39 is 11.7 Å². The van der Waals surface area contributed by atoms with Gasteiger partial charge in [0.15, 0.2) is 0 Å². The average Bonchev–Trinajstić information content (AvgIpc) is 2.47. The lowest BCUT2D eigenvalue weighted by atomic mass is 9.97. The van der Waals surface area contributed by atoms with Crippen molar-refractivity contribution in [3.63, 3.8) is 0 Å². The van der Waals surface area contributed by atoms with Crippen LogP contribution in [0.2, 0.25) is 0 Å². The number of Topliss-reactive ketones (excluding diaryl/α,β-unsaturated/α-hetero) is 1. The first-order valence-electron chi connectivity index (χ1n) is 6.19. The highest BCUT2D eigenvalue weighted by Crippen LogP contribution is 2.34. The first-order chi connectivity index (χ1) is 9.44. The molecule has 2 rings (SSSR count). The molecule has 0 aliphatic carbocycles. The zero-order chi connectivity index (χ0) is 14.8. The second-order valence-corrected chi connectivity index (χ2v) is 4.68. The Labute approximate surface area is 116 Å². The molecule has 0 unspecified atom stereocenters. The Hall–Kier alpha value is -2.23. The third kappa shape index (κ3) is 2.54. The van der Waals surface area contributed by atoms with Crippen LogP contribution in [0.1, 0.15) is 15.9 Å². The maximum Gasteiger partial charge on any atom is 0.335 e. The molecule has 0 amide bonds. The van der Waals surface area contributed by atoms with Crippen LogP contribution in [0.3, 0.4) is 0 Å². The summed E-state index contributed by atoms with van der Waals surface area (Å²) in [6, 6.07) is 13.5. The first kappa shape index (κ1) is 14.2.